The number of benzene rings is 10. The highest BCUT2D eigenvalue weighted by Gasteiger charge is 2.20. The molecule has 0 saturated carbocycles. The predicted octanol–water partition coefficient (Wildman–Crippen LogP) is 16.8. The largest absolute Gasteiger partial charge is 0.456 e. The highest BCUT2D eigenvalue weighted by molar-refractivity contribution is 6.16. The van der Waals surface area contributed by atoms with E-state index in [1.54, 1.807) is 0 Å². The van der Waals surface area contributed by atoms with E-state index in [1.807, 2.05) is 66.7 Å². The normalized spacial score (nSPS) is 11.8. The van der Waals surface area contributed by atoms with Crippen molar-refractivity contribution < 1.29 is 8.83 Å². The number of nitrogens with zero attached hydrogens (tertiary/aromatic N) is 4. The van der Waals surface area contributed by atoms with E-state index in [0.29, 0.717) is 17.5 Å². The smallest absolute Gasteiger partial charge is 0.164 e. The second-order valence-electron chi connectivity index (χ2n) is 17.5. The molecule has 0 N–H and O–H groups in total. The molecular weight excluding hydrogens is 845 g/mol. The van der Waals surface area contributed by atoms with E-state index in [4.69, 9.17) is 23.8 Å². The Balaban J connectivity index is 0.872. The second kappa shape index (κ2) is 15.6. The molecule has 0 radical (unpaired) electrons. The summed E-state index contributed by atoms with van der Waals surface area (Å²) in [5, 5.41) is 6.65. The number of para-hydroxylation sites is 2. The van der Waals surface area contributed by atoms with E-state index >= 15 is 0 Å². The van der Waals surface area contributed by atoms with Crippen molar-refractivity contribution in [3.05, 3.63) is 231 Å². The van der Waals surface area contributed by atoms with Gasteiger partial charge in [0.05, 0.1) is 11.0 Å². The zero-order chi connectivity index (χ0) is 45.4. The second-order valence-corrected chi connectivity index (χ2v) is 17.5. The van der Waals surface area contributed by atoms with Gasteiger partial charge in [-0.1, -0.05) is 170 Å². The molecule has 14 aromatic rings. The first-order valence-electron chi connectivity index (χ1n) is 23.2. The van der Waals surface area contributed by atoms with E-state index in [1.165, 1.54) is 21.9 Å². The standard InChI is InChI=1S/C63H38N4O2/c1-4-15-39(16-5-1)42-29-32-55-51(36-42)49-23-10-11-27-54(49)67(55)46-31-34-56-52(38-46)50-26-13-25-48(60(50)69-56)44-30-33-57-53(37-44)59-47(24-14-28-58(59)68-57)43-21-12-22-45(35-43)63-65-61(40-17-6-2-7-18-40)64-62(66-63)41-19-8-3-9-20-41/h1-38H. The molecule has 69 heavy (non-hydrogen) atoms. The maximum absolute atomic E-state index is 6.80. The number of aromatic nitrogens is 4. The van der Waals surface area contributed by atoms with Crippen molar-refractivity contribution in [2.75, 3.05) is 0 Å². The molecule has 0 unspecified atom stereocenters. The molecular formula is C63H38N4O2. The van der Waals surface area contributed by atoms with Gasteiger partial charge in [-0.15, -0.1) is 0 Å². The quantitative estimate of drug-likeness (QED) is 0.159. The summed E-state index contributed by atoms with van der Waals surface area (Å²) in [6.07, 6.45) is 0. The van der Waals surface area contributed by atoms with Crippen molar-refractivity contribution in [2.24, 2.45) is 0 Å². The van der Waals surface area contributed by atoms with Crippen LogP contribution in [0.1, 0.15) is 0 Å². The van der Waals surface area contributed by atoms with E-state index in [-0.39, 0.29) is 0 Å². The van der Waals surface area contributed by atoms with Gasteiger partial charge in [0.1, 0.15) is 22.3 Å². The Labute approximate surface area is 396 Å². The topological polar surface area (TPSA) is 69.9 Å². The zero-order valence-corrected chi connectivity index (χ0v) is 37.0. The fraction of sp³-hybridized carbons (Fsp3) is 0. The summed E-state index contributed by atoms with van der Waals surface area (Å²) in [4.78, 5) is 15.0. The molecule has 0 fully saturated rings. The molecule has 6 nitrogen and oxygen atoms in total. The molecule has 0 amide bonds. The summed E-state index contributed by atoms with van der Waals surface area (Å²) in [6, 6.07) is 80.4. The summed E-state index contributed by atoms with van der Waals surface area (Å²) < 4.78 is 15.7. The van der Waals surface area contributed by atoms with Gasteiger partial charge >= 0.3 is 0 Å². The van der Waals surface area contributed by atoms with Crippen LogP contribution in [0.3, 0.4) is 0 Å². The summed E-state index contributed by atoms with van der Waals surface area (Å²) in [6.45, 7) is 0. The van der Waals surface area contributed by atoms with Crippen LogP contribution >= 0.6 is 0 Å². The summed E-state index contributed by atoms with van der Waals surface area (Å²) >= 11 is 0. The monoisotopic (exact) mass is 882 g/mol. The number of hydrogen-bond donors (Lipinski definition) is 0. The molecule has 10 aromatic carbocycles. The molecule has 4 aromatic heterocycles. The lowest BCUT2D eigenvalue weighted by atomic mass is 9.96. The lowest BCUT2D eigenvalue weighted by Crippen LogP contribution is -2.00. The number of furan rings is 2. The van der Waals surface area contributed by atoms with Gasteiger partial charge in [-0.05, 0) is 88.5 Å². The molecule has 0 aliphatic heterocycles. The van der Waals surface area contributed by atoms with E-state index < -0.39 is 0 Å². The van der Waals surface area contributed by atoms with Gasteiger partial charge < -0.3 is 13.4 Å². The van der Waals surface area contributed by atoms with Crippen LogP contribution < -0.4 is 0 Å². The number of hydrogen-bond acceptors (Lipinski definition) is 5. The Morgan fingerprint density at radius 1 is 0.290 bits per heavy atom. The van der Waals surface area contributed by atoms with Gasteiger partial charge in [-0.25, -0.2) is 15.0 Å². The van der Waals surface area contributed by atoms with E-state index in [2.05, 4.69) is 168 Å². The van der Waals surface area contributed by atoms with Gasteiger partial charge in [-0.3, -0.25) is 0 Å². The van der Waals surface area contributed by atoms with Crippen molar-refractivity contribution >= 4 is 65.7 Å². The highest BCUT2D eigenvalue weighted by Crippen LogP contribution is 2.43. The molecule has 14 rings (SSSR count). The Morgan fingerprint density at radius 3 is 1.62 bits per heavy atom. The average Bonchev–Trinajstić information content (AvgIpc) is 4.10. The van der Waals surface area contributed by atoms with Crippen molar-refractivity contribution in [2.45, 2.75) is 0 Å². The van der Waals surface area contributed by atoms with Crippen LogP contribution in [0.25, 0.3) is 139 Å². The maximum atomic E-state index is 6.80. The van der Waals surface area contributed by atoms with Gasteiger partial charge in [0, 0.05) is 60.3 Å². The van der Waals surface area contributed by atoms with Crippen LogP contribution in [0.5, 0.6) is 0 Å². The number of rotatable bonds is 7. The average molecular weight is 883 g/mol. The third kappa shape index (κ3) is 6.45. The van der Waals surface area contributed by atoms with Crippen LogP contribution in [-0.4, -0.2) is 19.5 Å². The van der Waals surface area contributed by atoms with Crippen LogP contribution in [0.4, 0.5) is 0 Å². The van der Waals surface area contributed by atoms with Crippen LogP contribution in [-0.2, 0) is 0 Å². The first-order chi connectivity index (χ1) is 34.2. The van der Waals surface area contributed by atoms with Crippen molar-refractivity contribution in [3.63, 3.8) is 0 Å². The van der Waals surface area contributed by atoms with E-state index in [9.17, 15) is 0 Å². The maximum Gasteiger partial charge on any atom is 0.164 e. The fourth-order valence-corrected chi connectivity index (χ4v) is 10.2. The summed E-state index contributed by atoms with van der Waals surface area (Å²) in [5.74, 6) is 1.86. The minimum absolute atomic E-state index is 0.606. The Kier molecular flexibility index (Phi) is 8.79. The van der Waals surface area contributed by atoms with Gasteiger partial charge in [0.25, 0.3) is 0 Å². The Bertz CT molecular complexity index is 4250. The first-order valence-corrected chi connectivity index (χ1v) is 23.2. The van der Waals surface area contributed by atoms with E-state index in [0.717, 1.165) is 99.5 Å². The van der Waals surface area contributed by atoms with Gasteiger partial charge in [0.15, 0.2) is 17.5 Å². The third-order valence-corrected chi connectivity index (χ3v) is 13.5. The minimum atomic E-state index is 0.606. The van der Waals surface area contributed by atoms with Crippen molar-refractivity contribution in [3.8, 4) is 73.2 Å². The lowest BCUT2D eigenvalue weighted by molar-refractivity contribution is 0.668. The molecule has 6 heteroatoms. The third-order valence-electron chi connectivity index (χ3n) is 13.5. The van der Waals surface area contributed by atoms with Gasteiger partial charge in [-0.2, -0.15) is 0 Å². The van der Waals surface area contributed by atoms with Crippen molar-refractivity contribution in [1.29, 1.82) is 0 Å². The highest BCUT2D eigenvalue weighted by atomic mass is 16.3. The Hall–Kier alpha value is -9.39. The predicted molar refractivity (Wildman–Crippen MR) is 281 cm³/mol. The molecule has 4 heterocycles. The van der Waals surface area contributed by atoms with Crippen LogP contribution in [0, 0.1) is 0 Å². The van der Waals surface area contributed by atoms with Crippen LogP contribution in [0.2, 0.25) is 0 Å². The molecule has 0 spiro atoms. The Morgan fingerprint density at radius 2 is 0.841 bits per heavy atom. The molecule has 0 aliphatic carbocycles. The van der Waals surface area contributed by atoms with Gasteiger partial charge in [0.2, 0.25) is 0 Å². The first kappa shape index (κ1) is 38.8. The summed E-state index contributed by atoms with van der Waals surface area (Å²) in [7, 11) is 0. The lowest BCUT2D eigenvalue weighted by Gasteiger charge is -2.10. The zero-order valence-electron chi connectivity index (χ0n) is 37.0. The SMILES string of the molecule is c1ccc(-c2ccc3c(c2)c2ccccc2n3-c2ccc3oc4c(-c5ccc6oc7cccc(-c8cccc(-c9nc(-c%10ccccc%10)nc(-c%10ccccc%10)n9)c8)c7c6c5)cccc4c3c2)cc1. The fourth-order valence-electron chi connectivity index (χ4n) is 10.2. The molecule has 0 aliphatic rings. The molecule has 0 saturated heterocycles. The molecule has 322 valence electrons. The van der Waals surface area contributed by atoms with Crippen molar-refractivity contribution in [1.82, 2.24) is 19.5 Å². The molecule has 0 bridgehead atoms. The minimum Gasteiger partial charge on any atom is -0.456 e. The summed E-state index contributed by atoms with van der Waals surface area (Å²) in [5.41, 5.74) is 16.1. The molecule has 0 atom stereocenters. The number of fused-ring (bicyclic) bond motifs is 9. The van der Waals surface area contributed by atoms with Crippen LogP contribution in [0.15, 0.2) is 239 Å².